The second kappa shape index (κ2) is 7.74. The van der Waals surface area contributed by atoms with Gasteiger partial charge in [-0.3, -0.25) is 9.97 Å². The summed E-state index contributed by atoms with van der Waals surface area (Å²) >= 11 is 6.24. The van der Waals surface area contributed by atoms with Crippen molar-refractivity contribution in [1.82, 2.24) is 9.97 Å². The molecule has 0 aliphatic heterocycles. The Morgan fingerprint density at radius 3 is 2.00 bits per heavy atom. The average Bonchev–Trinajstić information content (AvgIpc) is 2.78. The van der Waals surface area contributed by atoms with Crippen LogP contribution in [0.5, 0.6) is 0 Å². The first-order valence-electron chi connectivity index (χ1n) is 9.84. The molecule has 0 fully saturated rings. The molecule has 0 aliphatic carbocycles. The quantitative estimate of drug-likeness (QED) is 0.308. The molecule has 0 saturated heterocycles. The van der Waals surface area contributed by atoms with E-state index in [9.17, 15) is 0 Å². The van der Waals surface area contributed by atoms with E-state index in [1.165, 1.54) is 5.56 Å². The molecule has 5 rings (SSSR count). The molecule has 0 N–H and O–H groups in total. The Morgan fingerprint density at radius 1 is 0.600 bits per heavy atom. The van der Waals surface area contributed by atoms with Crippen molar-refractivity contribution in [3.63, 3.8) is 0 Å². The average molecular weight is 407 g/mol. The number of nitrogens with zero attached hydrogens (tertiary/aromatic N) is 2. The van der Waals surface area contributed by atoms with Crippen LogP contribution in [-0.2, 0) is 0 Å². The van der Waals surface area contributed by atoms with E-state index in [-0.39, 0.29) is 0 Å². The second-order valence-electron chi connectivity index (χ2n) is 7.46. The van der Waals surface area contributed by atoms with Crippen molar-refractivity contribution in [2.45, 2.75) is 6.92 Å². The van der Waals surface area contributed by atoms with Crippen LogP contribution >= 0.6 is 11.6 Å². The second-order valence-corrected chi connectivity index (χ2v) is 7.90. The molecular formula is C27H19ClN2. The molecule has 3 heteroatoms. The van der Waals surface area contributed by atoms with Crippen LogP contribution in [0.15, 0.2) is 97.5 Å². The third kappa shape index (κ3) is 3.70. The van der Waals surface area contributed by atoms with Gasteiger partial charge in [0.05, 0.1) is 5.52 Å². The highest BCUT2D eigenvalue weighted by molar-refractivity contribution is 6.31. The van der Waals surface area contributed by atoms with E-state index in [1.54, 1.807) is 0 Å². The third-order valence-electron chi connectivity index (χ3n) is 5.29. The van der Waals surface area contributed by atoms with E-state index in [4.69, 9.17) is 16.6 Å². The number of pyridine rings is 2. The van der Waals surface area contributed by atoms with Gasteiger partial charge in [0.2, 0.25) is 0 Å². The summed E-state index contributed by atoms with van der Waals surface area (Å²) in [6.07, 6.45) is 5.57. The van der Waals surface area contributed by atoms with Gasteiger partial charge >= 0.3 is 0 Å². The van der Waals surface area contributed by atoms with Crippen molar-refractivity contribution in [1.29, 1.82) is 0 Å². The Morgan fingerprint density at radius 2 is 1.27 bits per heavy atom. The molecule has 30 heavy (non-hydrogen) atoms. The van der Waals surface area contributed by atoms with Gasteiger partial charge in [0, 0.05) is 34.6 Å². The number of fused-ring (bicyclic) bond motifs is 1. The van der Waals surface area contributed by atoms with E-state index in [1.807, 2.05) is 42.9 Å². The van der Waals surface area contributed by atoms with E-state index in [2.05, 4.69) is 66.5 Å². The van der Waals surface area contributed by atoms with Crippen molar-refractivity contribution in [3.8, 4) is 33.4 Å². The summed E-state index contributed by atoms with van der Waals surface area (Å²) < 4.78 is 0. The van der Waals surface area contributed by atoms with Gasteiger partial charge in [-0.2, -0.15) is 0 Å². The van der Waals surface area contributed by atoms with Crippen molar-refractivity contribution in [2.24, 2.45) is 0 Å². The van der Waals surface area contributed by atoms with Gasteiger partial charge in [-0.05, 0) is 76.7 Å². The lowest BCUT2D eigenvalue weighted by atomic mass is 9.99. The summed E-state index contributed by atoms with van der Waals surface area (Å²) in [5.74, 6) is 0. The monoisotopic (exact) mass is 406 g/mol. The Kier molecular flexibility index (Phi) is 4.78. The summed E-state index contributed by atoms with van der Waals surface area (Å²) in [6.45, 7) is 2.06. The zero-order valence-corrected chi connectivity index (χ0v) is 17.3. The van der Waals surface area contributed by atoms with Crippen LogP contribution in [0.25, 0.3) is 44.3 Å². The third-order valence-corrected chi connectivity index (χ3v) is 5.51. The Bertz CT molecular complexity index is 1320. The van der Waals surface area contributed by atoms with Gasteiger partial charge in [0.25, 0.3) is 0 Å². The molecule has 0 saturated carbocycles. The lowest BCUT2D eigenvalue weighted by molar-refractivity contribution is 1.33. The Hall–Kier alpha value is -3.49. The molecule has 2 aromatic heterocycles. The maximum Gasteiger partial charge on any atom is 0.0708 e. The highest BCUT2D eigenvalue weighted by Gasteiger charge is 2.06. The van der Waals surface area contributed by atoms with E-state index >= 15 is 0 Å². The van der Waals surface area contributed by atoms with Gasteiger partial charge in [0.15, 0.2) is 0 Å². The van der Waals surface area contributed by atoms with Crippen LogP contribution in [0.3, 0.4) is 0 Å². The fraction of sp³-hybridized carbons (Fsp3) is 0.0370. The highest BCUT2D eigenvalue weighted by atomic mass is 35.5. The fourth-order valence-corrected chi connectivity index (χ4v) is 4.05. The van der Waals surface area contributed by atoms with Crippen LogP contribution in [0.1, 0.15) is 5.56 Å². The molecule has 0 radical (unpaired) electrons. The first-order valence-corrected chi connectivity index (χ1v) is 10.2. The first-order chi connectivity index (χ1) is 14.7. The van der Waals surface area contributed by atoms with Crippen LogP contribution in [0.2, 0.25) is 5.02 Å². The highest BCUT2D eigenvalue weighted by Crippen LogP contribution is 2.30. The predicted octanol–water partition coefficient (Wildman–Crippen LogP) is 7.59. The zero-order valence-electron chi connectivity index (χ0n) is 16.5. The van der Waals surface area contributed by atoms with E-state index in [0.29, 0.717) is 0 Å². The first kappa shape index (κ1) is 18.5. The minimum absolute atomic E-state index is 0.753. The molecular weight excluding hydrogens is 388 g/mol. The summed E-state index contributed by atoms with van der Waals surface area (Å²) in [5.41, 5.74) is 8.95. The summed E-state index contributed by atoms with van der Waals surface area (Å²) in [6, 6.07) is 27.3. The largest absolute Gasteiger partial charge is 0.265 e. The van der Waals surface area contributed by atoms with Gasteiger partial charge in [-0.1, -0.05) is 54.1 Å². The number of aromatic nitrogens is 2. The topological polar surface area (TPSA) is 25.8 Å². The van der Waals surface area contributed by atoms with Crippen molar-refractivity contribution in [3.05, 3.63) is 108 Å². The standard InChI is InChI=1S/C27H19ClN2/c1-18-12-24(15-26(28)13-18)22-6-7-23-14-25(17-30-27(23)16-22)20-4-2-19(3-5-20)21-8-10-29-11-9-21/h2-17H,1H3. The molecule has 0 unspecified atom stereocenters. The van der Waals surface area contributed by atoms with E-state index < -0.39 is 0 Å². The number of halogens is 1. The maximum atomic E-state index is 6.24. The fourth-order valence-electron chi connectivity index (χ4n) is 3.76. The number of hydrogen-bond acceptors (Lipinski definition) is 2. The molecule has 0 aliphatic rings. The summed E-state index contributed by atoms with van der Waals surface area (Å²) in [4.78, 5) is 8.81. The van der Waals surface area contributed by atoms with Crippen LogP contribution in [-0.4, -0.2) is 9.97 Å². The maximum absolute atomic E-state index is 6.24. The predicted molar refractivity (Wildman–Crippen MR) is 126 cm³/mol. The molecule has 0 atom stereocenters. The Labute approximate surface area is 180 Å². The van der Waals surface area contributed by atoms with Gasteiger partial charge in [-0.25, -0.2) is 0 Å². The van der Waals surface area contributed by atoms with Crippen LogP contribution < -0.4 is 0 Å². The van der Waals surface area contributed by atoms with Gasteiger partial charge in [-0.15, -0.1) is 0 Å². The molecule has 3 aromatic carbocycles. The molecule has 0 bridgehead atoms. The summed E-state index contributed by atoms with van der Waals surface area (Å²) in [7, 11) is 0. The number of aryl methyl sites for hydroxylation is 1. The van der Waals surface area contributed by atoms with Crippen LogP contribution in [0, 0.1) is 6.92 Å². The summed E-state index contributed by atoms with van der Waals surface area (Å²) in [5, 5.41) is 1.87. The van der Waals surface area contributed by atoms with E-state index in [0.717, 1.165) is 49.3 Å². The molecule has 0 amide bonds. The number of rotatable bonds is 3. The zero-order chi connectivity index (χ0) is 20.5. The number of benzene rings is 3. The number of hydrogen-bond donors (Lipinski definition) is 0. The SMILES string of the molecule is Cc1cc(Cl)cc(-c2ccc3cc(-c4ccc(-c5ccncc5)cc4)cnc3c2)c1. The van der Waals surface area contributed by atoms with Crippen molar-refractivity contribution in [2.75, 3.05) is 0 Å². The molecule has 0 spiro atoms. The molecule has 2 heterocycles. The van der Waals surface area contributed by atoms with Crippen molar-refractivity contribution >= 4 is 22.5 Å². The molecule has 2 nitrogen and oxygen atoms in total. The Balaban J connectivity index is 1.48. The van der Waals surface area contributed by atoms with Gasteiger partial charge < -0.3 is 0 Å². The minimum atomic E-state index is 0.753. The molecule has 144 valence electrons. The van der Waals surface area contributed by atoms with Gasteiger partial charge in [0.1, 0.15) is 0 Å². The lowest BCUT2D eigenvalue weighted by Crippen LogP contribution is -1.86. The normalized spacial score (nSPS) is 11.0. The molecule has 5 aromatic rings. The minimum Gasteiger partial charge on any atom is -0.265 e. The van der Waals surface area contributed by atoms with Crippen LogP contribution in [0.4, 0.5) is 0 Å². The van der Waals surface area contributed by atoms with Crippen molar-refractivity contribution < 1.29 is 0 Å². The lowest BCUT2D eigenvalue weighted by Gasteiger charge is -2.08. The smallest absolute Gasteiger partial charge is 0.0708 e.